The Labute approximate surface area is 121 Å². The summed E-state index contributed by atoms with van der Waals surface area (Å²) in [6.07, 6.45) is 5.42. The molecule has 1 atom stereocenters. The van der Waals surface area contributed by atoms with E-state index in [-0.39, 0.29) is 0 Å². The minimum atomic E-state index is -0.483. The van der Waals surface area contributed by atoms with Crippen LogP contribution in [0.15, 0.2) is 18.5 Å². The van der Waals surface area contributed by atoms with Gasteiger partial charge in [0, 0.05) is 32.1 Å². The Morgan fingerprint density at radius 1 is 1.30 bits per heavy atom. The summed E-state index contributed by atoms with van der Waals surface area (Å²) in [5, 5.41) is 17.0. The Hall–Kier alpha value is -0.950. The molecule has 0 aliphatic carbocycles. The number of unbranched alkanes of at least 4 members (excludes halogenated alkanes) is 1. The van der Waals surface area contributed by atoms with Crippen LogP contribution in [0.25, 0.3) is 0 Å². The summed E-state index contributed by atoms with van der Waals surface area (Å²) >= 11 is 0. The van der Waals surface area contributed by atoms with E-state index in [1.54, 1.807) is 6.20 Å². The van der Waals surface area contributed by atoms with Gasteiger partial charge in [-0.15, -0.1) is 0 Å². The van der Waals surface area contributed by atoms with Crippen LogP contribution in [0.5, 0.6) is 0 Å². The van der Waals surface area contributed by atoms with Gasteiger partial charge >= 0.3 is 0 Å². The molecule has 0 radical (unpaired) electrons. The van der Waals surface area contributed by atoms with Crippen molar-refractivity contribution in [2.75, 3.05) is 39.5 Å². The Morgan fingerprint density at radius 2 is 2.15 bits per heavy atom. The largest absolute Gasteiger partial charge is 0.389 e. The first-order valence-electron chi connectivity index (χ1n) is 7.34. The molecule has 20 heavy (non-hydrogen) atoms. The lowest BCUT2D eigenvalue weighted by Gasteiger charge is -2.12. The number of ether oxygens (including phenoxy) is 2. The maximum atomic E-state index is 9.70. The van der Waals surface area contributed by atoms with Crippen molar-refractivity contribution < 1.29 is 14.6 Å². The molecule has 0 saturated carbocycles. The van der Waals surface area contributed by atoms with Crippen LogP contribution in [0.2, 0.25) is 0 Å². The van der Waals surface area contributed by atoms with Crippen LogP contribution in [0.4, 0.5) is 0 Å². The van der Waals surface area contributed by atoms with Gasteiger partial charge in [0.2, 0.25) is 0 Å². The molecule has 1 aromatic rings. The average molecular weight is 285 g/mol. The number of hydrogen-bond acceptors (Lipinski definition) is 5. The highest BCUT2D eigenvalue weighted by atomic mass is 16.5. The first-order chi connectivity index (χ1) is 9.83. The summed E-state index contributed by atoms with van der Waals surface area (Å²) in [7, 11) is 0. The van der Waals surface area contributed by atoms with Gasteiger partial charge in [-0.3, -0.25) is 4.68 Å². The number of rotatable bonds is 13. The first kappa shape index (κ1) is 17.1. The molecule has 2 N–H and O–H groups in total. The van der Waals surface area contributed by atoms with Crippen LogP contribution in [0, 0.1) is 0 Å². The molecule has 1 unspecified atom stereocenters. The van der Waals surface area contributed by atoms with Crippen molar-refractivity contribution in [3.05, 3.63) is 18.5 Å². The molecular formula is C14H27N3O3. The maximum Gasteiger partial charge on any atom is 0.0897 e. The number of hydrogen-bond donors (Lipinski definition) is 2. The van der Waals surface area contributed by atoms with Crippen molar-refractivity contribution in [1.29, 1.82) is 0 Å². The fourth-order valence-electron chi connectivity index (χ4n) is 1.64. The lowest BCUT2D eigenvalue weighted by molar-refractivity contribution is 0.00392. The van der Waals surface area contributed by atoms with Gasteiger partial charge in [-0.1, -0.05) is 13.3 Å². The molecule has 0 saturated heterocycles. The van der Waals surface area contributed by atoms with E-state index in [1.807, 2.05) is 16.9 Å². The summed E-state index contributed by atoms with van der Waals surface area (Å²) in [6, 6.07) is 1.89. The van der Waals surface area contributed by atoms with Crippen LogP contribution in [-0.2, 0) is 16.0 Å². The second kappa shape index (κ2) is 11.8. The van der Waals surface area contributed by atoms with Crippen molar-refractivity contribution in [1.82, 2.24) is 15.1 Å². The molecule has 6 nitrogen and oxygen atoms in total. The third-order valence-electron chi connectivity index (χ3n) is 2.78. The Balaban J connectivity index is 1.84. The number of aromatic nitrogens is 2. The molecule has 1 rings (SSSR count). The lowest BCUT2D eigenvalue weighted by Crippen LogP contribution is -2.32. The molecule has 0 aliphatic heterocycles. The van der Waals surface area contributed by atoms with E-state index in [1.165, 1.54) is 0 Å². The lowest BCUT2D eigenvalue weighted by atomic mass is 10.4. The smallest absolute Gasteiger partial charge is 0.0897 e. The molecule has 0 bridgehead atoms. The third-order valence-corrected chi connectivity index (χ3v) is 2.78. The molecule has 0 fully saturated rings. The quantitative estimate of drug-likeness (QED) is 0.521. The molecule has 1 aromatic heterocycles. The predicted molar refractivity (Wildman–Crippen MR) is 77.6 cm³/mol. The minimum Gasteiger partial charge on any atom is -0.389 e. The molecule has 0 amide bonds. The first-order valence-corrected chi connectivity index (χ1v) is 7.34. The van der Waals surface area contributed by atoms with E-state index in [2.05, 4.69) is 17.3 Å². The van der Waals surface area contributed by atoms with Gasteiger partial charge in [-0.05, 0) is 12.5 Å². The second-order valence-electron chi connectivity index (χ2n) is 4.67. The van der Waals surface area contributed by atoms with Gasteiger partial charge in [0.1, 0.15) is 0 Å². The average Bonchev–Trinajstić information content (AvgIpc) is 2.96. The molecule has 116 valence electrons. The summed E-state index contributed by atoms with van der Waals surface area (Å²) in [4.78, 5) is 0. The van der Waals surface area contributed by atoms with Crippen molar-refractivity contribution in [2.45, 2.75) is 32.4 Å². The van der Waals surface area contributed by atoms with Crippen molar-refractivity contribution in [2.24, 2.45) is 0 Å². The van der Waals surface area contributed by atoms with Gasteiger partial charge in [0.15, 0.2) is 0 Å². The van der Waals surface area contributed by atoms with Crippen molar-refractivity contribution >= 4 is 0 Å². The van der Waals surface area contributed by atoms with Gasteiger partial charge in [-0.2, -0.15) is 5.10 Å². The van der Waals surface area contributed by atoms with E-state index < -0.39 is 6.10 Å². The standard InChI is InChI=1S/C14H27N3O3/c1-2-3-9-19-10-11-20-13-14(18)12-15-6-8-17-7-4-5-16-17/h4-5,7,14-15,18H,2-3,6,8-13H2,1H3. The van der Waals surface area contributed by atoms with Gasteiger partial charge in [0.05, 0.1) is 32.5 Å². The molecule has 1 heterocycles. The fourth-order valence-corrected chi connectivity index (χ4v) is 1.64. The zero-order valence-corrected chi connectivity index (χ0v) is 12.3. The summed E-state index contributed by atoms with van der Waals surface area (Å²) < 4.78 is 12.6. The highest BCUT2D eigenvalue weighted by molar-refractivity contribution is 4.77. The molecular weight excluding hydrogens is 258 g/mol. The normalized spacial score (nSPS) is 12.7. The monoisotopic (exact) mass is 285 g/mol. The van der Waals surface area contributed by atoms with E-state index >= 15 is 0 Å². The van der Waals surface area contributed by atoms with E-state index in [0.29, 0.717) is 26.4 Å². The van der Waals surface area contributed by atoms with Crippen LogP contribution >= 0.6 is 0 Å². The van der Waals surface area contributed by atoms with Gasteiger partial charge in [-0.25, -0.2) is 0 Å². The van der Waals surface area contributed by atoms with Gasteiger partial charge in [0.25, 0.3) is 0 Å². The van der Waals surface area contributed by atoms with E-state index in [0.717, 1.165) is 32.5 Å². The maximum absolute atomic E-state index is 9.70. The summed E-state index contributed by atoms with van der Waals surface area (Å²) in [5.41, 5.74) is 0. The predicted octanol–water partition coefficient (Wildman–Crippen LogP) is 0.667. The molecule has 0 aromatic carbocycles. The fraction of sp³-hybridized carbons (Fsp3) is 0.786. The zero-order chi connectivity index (χ0) is 14.5. The molecule has 6 heteroatoms. The Morgan fingerprint density at radius 3 is 2.90 bits per heavy atom. The summed E-state index contributed by atoms with van der Waals surface area (Å²) in [6.45, 7) is 6.50. The van der Waals surface area contributed by atoms with Gasteiger partial charge < -0.3 is 19.9 Å². The van der Waals surface area contributed by atoms with E-state index in [9.17, 15) is 5.11 Å². The van der Waals surface area contributed by atoms with Crippen molar-refractivity contribution in [3.8, 4) is 0 Å². The number of nitrogens with zero attached hydrogens (tertiary/aromatic N) is 2. The molecule has 0 spiro atoms. The zero-order valence-electron chi connectivity index (χ0n) is 12.3. The minimum absolute atomic E-state index is 0.339. The SMILES string of the molecule is CCCCOCCOCC(O)CNCCn1cccn1. The van der Waals surface area contributed by atoms with Crippen LogP contribution in [0.1, 0.15) is 19.8 Å². The van der Waals surface area contributed by atoms with Crippen LogP contribution in [0.3, 0.4) is 0 Å². The number of aliphatic hydroxyl groups excluding tert-OH is 1. The number of aliphatic hydroxyl groups is 1. The highest BCUT2D eigenvalue weighted by Crippen LogP contribution is 1.89. The molecule has 0 aliphatic rings. The van der Waals surface area contributed by atoms with Crippen LogP contribution in [-0.4, -0.2) is 60.5 Å². The van der Waals surface area contributed by atoms with Crippen molar-refractivity contribution in [3.63, 3.8) is 0 Å². The second-order valence-corrected chi connectivity index (χ2v) is 4.67. The Bertz CT molecular complexity index is 307. The topological polar surface area (TPSA) is 68.5 Å². The highest BCUT2D eigenvalue weighted by Gasteiger charge is 2.03. The van der Waals surface area contributed by atoms with E-state index in [4.69, 9.17) is 9.47 Å². The number of nitrogens with one attached hydrogen (secondary N) is 1. The third kappa shape index (κ3) is 9.03. The Kier molecular flexibility index (Phi) is 10.1. The van der Waals surface area contributed by atoms with Crippen LogP contribution < -0.4 is 5.32 Å². The summed E-state index contributed by atoms with van der Waals surface area (Å²) in [5.74, 6) is 0.